The molecule has 0 saturated heterocycles. The van der Waals surface area contributed by atoms with Gasteiger partial charge in [-0.2, -0.15) is 0 Å². The van der Waals surface area contributed by atoms with Gasteiger partial charge in [0.2, 0.25) is 5.09 Å². The van der Waals surface area contributed by atoms with E-state index in [9.17, 15) is 8.42 Å². The van der Waals surface area contributed by atoms with E-state index in [1.54, 1.807) is 6.07 Å². The van der Waals surface area contributed by atoms with Crippen LogP contribution in [0.1, 0.15) is 19.1 Å². The summed E-state index contributed by atoms with van der Waals surface area (Å²) in [5.41, 5.74) is 5.34. The molecule has 1 rings (SSSR count). The average molecular weight is 262 g/mol. The van der Waals surface area contributed by atoms with E-state index in [1.807, 2.05) is 6.92 Å². The van der Waals surface area contributed by atoms with Crippen molar-refractivity contribution >= 4 is 10.0 Å². The van der Waals surface area contributed by atoms with E-state index >= 15 is 0 Å². The summed E-state index contributed by atoms with van der Waals surface area (Å²) in [4.78, 5) is 0. The lowest BCUT2D eigenvalue weighted by Crippen LogP contribution is -2.25. The van der Waals surface area contributed by atoms with Crippen LogP contribution in [0.4, 0.5) is 0 Å². The number of hydrogen-bond donors (Lipinski definition) is 2. The first-order chi connectivity index (χ1) is 8.10. The van der Waals surface area contributed by atoms with Crippen LogP contribution in [0.5, 0.6) is 0 Å². The van der Waals surface area contributed by atoms with Crippen molar-refractivity contribution in [3.63, 3.8) is 0 Å². The van der Waals surface area contributed by atoms with Gasteiger partial charge in [-0.05, 0) is 25.5 Å². The van der Waals surface area contributed by atoms with Crippen LogP contribution in [-0.2, 0) is 21.3 Å². The Morgan fingerprint density at radius 2 is 2.24 bits per heavy atom. The minimum Gasteiger partial charge on any atom is -0.447 e. The molecule has 0 unspecified atom stereocenters. The van der Waals surface area contributed by atoms with Gasteiger partial charge >= 0.3 is 0 Å². The molecule has 1 heterocycles. The highest BCUT2D eigenvalue weighted by Gasteiger charge is 2.17. The molecule has 0 fully saturated rings. The monoisotopic (exact) mass is 262 g/mol. The predicted molar refractivity (Wildman–Crippen MR) is 62.9 cm³/mol. The Morgan fingerprint density at radius 1 is 1.47 bits per heavy atom. The van der Waals surface area contributed by atoms with Crippen molar-refractivity contribution in [2.45, 2.75) is 25.0 Å². The number of nitrogens with two attached hydrogens (primary N) is 1. The normalized spacial score (nSPS) is 11.9. The van der Waals surface area contributed by atoms with Crippen LogP contribution >= 0.6 is 0 Å². The quantitative estimate of drug-likeness (QED) is 0.663. The van der Waals surface area contributed by atoms with E-state index in [1.165, 1.54) is 6.07 Å². The molecule has 98 valence electrons. The maximum atomic E-state index is 11.7. The van der Waals surface area contributed by atoms with E-state index in [-0.39, 0.29) is 11.6 Å². The maximum absolute atomic E-state index is 11.7. The molecular weight excluding hydrogens is 244 g/mol. The summed E-state index contributed by atoms with van der Waals surface area (Å²) in [6.07, 6.45) is 0.623. The molecular formula is C10H18N2O4S. The van der Waals surface area contributed by atoms with Gasteiger partial charge in [0.05, 0.1) is 6.54 Å². The van der Waals surface area contributed by atoms with Gasteiger partial charge in [-0.25, -0.2) is 13.1 Å². The van der Waals surface area contributed by atoms with Crippen molar-refractivity contribution in [3.8, 4) is 0 Å². The van der Waals surface area contributed by atoms with Crippen molar-refractivity contribution < 1.29 is 17.6 Å². The molecule has 1 aromatic rings. The molecule has 17 heavy (non-hydrogen) atoms. The number of sulfonamides is 1. The number of ether oxygens (including phenoxy) is 1. The highest BCUT2D eigenvalue weighted by Crippen LogP contribution is 2.12. The van der Waals surface area contributed by atoms with Crippen LogP contribution in [0, 0.1) is 0 Å². The van der Waals surface area contributed by atoms with Gasteiger partial charge in [0.1, 0.15) is 5.76 Å². The highest BCUT2D eigenvalue weighted by atomic mass is 32.2. The van der Waals surface area contributed by atoms with Crippen molar-refractivity contribution in [1.82, 2.24) is 4.72 Å². The first kappa shape index (κ1) is 14.2. The van der Waals surface area contributed by atoms with E-state index in [2.05, 4.69) is 4.72 Å². The van der Waals surface area contributed by atoms with Gasteiger partial charge in [0, 0.05) is 19.8 Å². The second-order valence-corrected chi connectivity index (χ2v) is 5.07. The third-order valence-electron chi connectivity index (χ3n) is 2.06. The molecule has 0 spiro atoms. The SMILES string of the molecule is CCOCCCNS(=O)(=O)c1ccc(CN)o1. The number of nitrogens with one attached hydrogen (secondary N) is 1. The lowest BCUT2D eigenvalue weighted by molar-refractivity contribution is 0.146. The van der Waals surface area contributed by atoms with Crippen LogP contribution in [0.15, 0.2) is 21.6 Å². The Kier molecular flexibility index (Phi) is 5.63. The van der Waals surface area contributed by atoms with E-state index in [0.29, 0.717) is 31.9 Å². The largest absolute Gasteiger partial charge is 0.447 e. The summed E-state index contributed by atoms with van der Waals surface area (Å²) in [6, 6.07) is 2.95. The van der Waals surface area contributed by atoms with Crippen molar-refractivity contribution in [1.29, 1.82) is 0 Å². The van der Waals surface area contributed by atoms with Crippen LogP contribution < -0.4 is 10.5 Å². The van der Waals surface area contributed by atoms with Crippen LogP contribution in [-0.4, -0.2) is 28.2 Å². The fourth-order valence-corrected chi connectivity index (χ4v) is 2.23. The third-order valence-corrected chi connectivity index (χ3v) is 3.40. The average Bonchev–Trinajstić information content (AvgIpc) is 2.78. The molecule has 0 radical (unpaired) electrons. The minimum atomic E-state index is -3.56. The molecule has 0 aromatic carbocycles. The zero-order valence-electron chi connectivity index (χ0n) is 9.81. The lowest BCUT2D eigenvalue weighted by atomic mass is 10.5. The molecule has 0 aliphatic rings. The number of hydrogen-bond acceptors (Lipinski definition) is 5. The predicted octanol–water partition coefficient (Wildman–Crippen LogP) is 0.443. The zero-order valence-corrected chi connectivity index (χ0v) is 10.6. The Labute approximate surface area is 101 Å². The van der Waals surface area contributed by atoms with E-state index < -0.39 is 10.0 Å². The molecule has 1 aromatic heterocycles. The molecule has 3 N–H and O–H groups in total. The lowest BCUT2D eigenvalue weighted by Gasteiger charge is -2.04. The van der Waals surface area contributed by atoms with Crippen LogP contribution in [0.3, 0.4) is 0 Å². The molecule has 0 aliphatic heterocycles. The molecule has 0 saturated carbocycles. The fourth-order valence-electron chi connectivity index (χ4n) is 1.21. The van der Waals surface area contributed by atoms with Crippen molar-refractivity contribution in [2.24, 2.45) is 5.73 Å². The van der Waals surface area contributed by atoms with Crippen molar-refractivity contribution in [3.05, 3.63) is 17.9 Å². The first-order valence-electron chi connectivity index (χ1n) is 5.46. The van der Waals surface area contributed by atoms with Crippen LogP contribution in [0.2, 0.25) is 0 Å². The minimum absolute atomic E-state index is 0.102. The standard InChI is InChI=1S/C10H18N2O4S/c1-2-15-7-3-6-12-17(13,14)10-5-4-9(8-11)16-10/h4-5,12H,2-3,6-8,11H2,1H3. The molecule has 0 aliphatic carbocycles. The summed E-state index contributed by atoms with van der Waals surface area (Å²) in [7, 11) is -3.56. The summed E-state index contributed by atoms with van der Waals surface area (Å²) in [5.74, 6) is 0.444. The molecule has 0 bridgehead atoms. The van der Waals surface area contributed by atoms with Gasteiger partial charge < -0.3 is 14.9 Å². The second kappa shape index (κ2) is 6.75. The van der Waals surface area contributed by atoms with Gasteiger partial charge in [-0.15, -0.1) is 0 Å². The molecule has 7 heteroatoms. The summed E-state index contributed by atoms with van der Waals surface area (Å²) in [6.45, 7) is 3.55. The smallest absolute Gasteiger partial charge is 0.273 e. The molecule has 0 atom stereocenters. The Hall–Kier alpha value is -0.890. The van der Waals surface area contributed by atoms with Gasteiger partial charge in [0.25, 0.3) is 10.0 Å². The number of furan rings is 1. The second-order valence-electron chi connectivity index (χ2n) is 3.37. The Balaban J connectivity index is 2.45. The summed E-state index contributed by atoms with van der Waals surface area (Å²) < 4.78 is 36.0. The van der Waals surface area contributed by atoms with Gasteiger partial charge in [-0.3, -0.25) is 0 Å². The van der Waals surface area contributed by atoms with Gasteiger partial charge in [-0.1, -0.05) is 0 Å². The van der Waals surface area contributed by atoms with Crippen molar-refractivity contribution in [2.75, 3.05) is 19.8 Å². The number of rotatable bonds is 8. The van der Waals surface area contributed by atoms with Crippen LogP contribution in [0.25, 0.3) is 0 Å². The highest BCUT2D eigenvalue weighted by molar-refractivity contribution is 7.89. The molecule has 0 amide bonds. The molecule has 6 nitrogen and oxygen atoms in total. The van der Waals surface area contributed by atoms with Gasteiger partial charge in [0.15, 0.2) is 0 Å². The first-order valence-corrected chi connectivity index (χ1v) is 6.94. The Bertz CT molecular complexity index is 427. The summed E-state index contributed by atoms with van der Waals surface area (Å²) >= 11 is 0. The Morgan fingerprint density at radius 3 is 2.82 bits per heavy atom. The fraction of sp³-hybridized carbons (Fsp3) is 0.600. The topological polar surface area (TPSA) is 94.6 Å². The summed E-state index contributed by atoms with van der Waals surface area (Å²) in [5, 5.41) is -0.102. The van der Waals surface area contributed by atoms with E-state index in [0.717, 1.165) is 0 Å². The zero-order chi connectivity index (χ0) is 12.7. The van der Waals surface area contributed by atoms with E-state index in [4.69, 9.17) is 14.9 Å². The maximum Gasteiger partial charge on any atom is 0.273 e. The third kappa shape index (κ3) is 4.47.